The van der Waals surface area contributed by atoms with Crippen molar-refractivity contribution in [3.05, 3.63) is 94.0 Å². The molecular formula is C26H29F3O8S2. The van der Waals surface area contributed by atoms with Gasteiger partial charge in [-0.3, -0.25) is 4.55 Å². The molecule has 0 aliphatic heterocycles. The lowest BCUT2D eigenvalue weighted by atomic mass is 9.93. The number of hydrogen-bond acceptors (Lipinski definition) is 7. The molecule has 0 saturated heterocycles. The normalized spacial score (nSPS) is 11.9. The Morgan fingerprint density at radius 2 is 1.41 bits per heavy atom. The third-order valence-electron chi connectivity index (χ3n) is 5.23. The van der Waals surface area contributed by atoms with Gasteiger partial charge in [-0.05, 0) is 71.8 Å². The van der Waals surface area contributed by atoms with E-state index in [2.05, 4.69) is 4.18 Å². The summed E-state index contributed by atoms with van der Waals surface area (Å²) in [5, 5.41) is 0. The largest absolute Gasteiger partial charge is 0.534 e. The van der Waals surface area contributed by atoms with Crippen molar-refractivity contribution in [1.29, 1.82) is 0 Å². The number of methoxy groups -OCH3 is 1. The summed E-state index contributed by atoms with van der Waals surface area (Å²) in [4.78, 5) is 0. The number of aryl methyl sites for hydroxylation is 2. The molecule has 0 unspecified atom stereocenters. The summed E-state index contributed by atoms with van der Waals surface area (Å²) >= 11 is 0. The van der Waals surface area contributed by atoms with Crippen LogP contribution in [-0.2, 0) is 37.8 Å². The zero-order chi connectivity index (χ0) is 29.4. The molecule has 8 nitrogen and oxygen atoms in total. The molecule has 3 aromatic carbocycles. The predicted octanol–water partition coefficient (Wildman–Crippen LogP) is 5.20. The van der Waals surface area contributed by atoms with Crippen molar-refractivity contribution in [1.82, 2.24) is 0 Å². The van der Waals surface area contributed by atoms with Crippen molar-refractivity contribution in [2.75, 3.05) is 20.2 Å². The SMILES string of the molecule is COCOc1ccc(Cc2c(C)cc(OS(=O)(=O)C(F)(F)F)cc2C)cc1Cc1ccccc1.CS(=O)(=O)O. The summed E-state index contributed by atoms with van der Waals surface area (Å²) in [5.74, 6) is 0.327. The molecule has 0 aromatic heterocycles. The highest BCUT2D eigenvalue weighted by Crippen LogP contribution is 2.31. The molecule has 0 bridgehead atoms. The molecule has 0 radical (unpaired) electrons. The van der Waals surface area contributed by atoms with E-state index in [1.165, 1.54) is 12.1 Å². The van der Waals surface area contributed by atoms with Gasteiger partial charge in [0.2, 0.25) is 0 Å². The van der Waals surface area contributed by atoms with Gasteiger partial charge in [0, 0.05) is 13.5 Å². The van der Waals surface area contributed by atoms with Gasteiger partial charge in [-0.2, -0.15) is 30.0 Å². The van der Waals surface area contributed by atoms with E-state index in [0.29, 0.717) is 36.0 Å². The molecule has 3 aromatic rings. The Balaban J connectivity index is 0.000000976. The maximum Gasteiger partial charge on any atom is 0.534 e. The summed E-state index contributed by atoms with van der Waals surface area (Å²) in [5.41, 5.74) is -0.330. The van der Waals surface area contributed by atoms with Crippen LogP contribution in [0.5, 0.6) is 11.5 Å². The van der Waals surface area contributed by atoms with Crippen molar-refractivity contribution in [3.8, 4) is 11.5 Å². The van der Waals surface area contributed by atoms with Crippen molar-refractivity contribution in [2.24, 2.45) is 0 Å². The first kappa shape index (κ1) is 32.1. The minimum Gasteiger partial charge on any atom is -0.467 e. The van der Waals surface area contributed by atoms with Crippen LogP contribution in [0, 0.1) is 13.8 Å². The average molecular weight is 591 g/mol. The quantitative estimate of drug-likeness (QED) is 0.157. The zero-order valence-corrected chi connectivity index (χ0v) is 23.3. The van der Waals surface area contributed by atoms with E-state index in [0.717, 1.165) is 22.3 Å². The van der Waals surface area contributed by atoms with Crippen LogP contribution in [0.1, 0.15) is 33.4 Å². The van der Waals surface area contributed by atoms with Crippen LogP contribution >= 0.6 is 0 Å². The van der Waals surface area contributed by atoms with Crippen molar-refractivity contribution < 1.29 is 48.2 Å². The van der Waals surface area contributed by atoms with Gasteiger partial charge in [-0.1, -0.05) is 42.5 Å². The number of benzene rings is 3. The van der Waals surface area contributed by atoms with E-state index >= 15 is 0 Å². The zero-order valence-electron chi connectivity index (χ0n) is 21.7. The molecule has 0 fully saturated rings. The average Bonchev–Trinajstić information content (AvgIpc) is 2.79. The smallest absolute Gasteiger partial charge is 0.467 e. The molecule has 39 heavy (non-hydrogen) atoms. The van der Waals surface area contributed by atoms with E-state index in [-0.39, 0.29) is 12.5 Å². The van der Waals surface area contributed by atoms with Gasteiger partial charge in [0.15, 0.2) is 6.79 Å². The molecule has 13 heteroatoms. The third kappa shape index (κ3) is 10.5. The lowest BCUT2D eigenvalue weighted by Crippen LogP contribution is -2.28. The molecule has 0 heterocycles. The number of rotatable bonds is 9. The molecule has 0 spiro atoms. The highest BCUT2D eigenvalue weighted by Gasteiger charge is 2.48. The van der Waals surface area contributed by atoms with Gasteiger partial charge < -0.3 is 13.7 Å². The third-order valence-corrected chi connectivity index (χ3v) is 6.21. The monoisotopic (exact) mass is 590 g/mol. The van der Waals surface area contributed by atoms with E-state index in [1.54, 1.807) is 21.0 Å². The number of halogens is 3. The Hall–Kier alpha value is -3.13. The van der Waals surface area contributed by atoms with E-state index in [1.807, 2.05) is 48.5 Å². The van der Waals surface area contributed by atoms with Gasteiger partial charge in [-0.15, -0.1) is 0 Å². The van der Waals surface area contributed by atoms with Crippen molar-refractivity contribution >= 4 is 20.2 Å². The highest BCUT2D eigenvalue weighted by molar-refractivity contribution is 7.88. The standard InChI is InChI=1S/C25H25F3O5S.CH4O3S/c1-17-11-22(33-34(29,30)25(26,27)28)12-18(2)23(17)15-20-9-10-24(32-16-31-3)21(14-20)13-19-7-5-4-6-8-19;1-5(2,3)4/h4-12,14H,13,15-16H2,1-3H3;1H3,(H,2,3,4). The van der Waals surface area contributed by atoms with Crippen LogP contribution in [0.25, 0.3) is 0 Å². The van der Waals surface area contributed by atoms with Crippen molar-refractivity contribution in [3.63, 3.8) is 0 Å². The first-order valence-electron chi connectivity index (χ1n) is 11.3. The fourth-order valence-electron chi connectivity index (χ4n) is 3.62. The van der Waals surface area contributed by atoms with Crippen LogP contribution in [0.2, 0.25) is 0 Å². The van der Waals surface area contributed by atoms with E-state index in [9.17, 15) is 30.0 Å². The molecule has 3 rings (SSSR count). The summed E-state index contributed by atoms with van der Waals surface area (Å²) in [6.45, 7) is 3.52. The molecule has 0 saturated carbocycles. The lowest BCUT2D eigenvalue weighted by molar-refractivity contribution is -0.0500. The van der Waals surface area contributed by atoms with Crippen LogP contribution in [0.3, 0.4) is 0 Å². The number of hydrogen-bond donors (Lipinski definition) is 1. The van der Waals surface area contributed by atoms with Gasteiger partial charge in [-0.25, -0.2) is 0 Å². The van der Waals surface area contributed by atoms with Crippen LogP contribution in [0.4, 0.5) is 13.2 Å². The second kappa shape index (κ2) is 13.3. The van der Waals surface area contributed by atoms with Gasteiger partial charge >= 0.3 is 15.6 Å². The minimum absolute atomic E-state index is 0.113. The highest BCUT2D eigenvalue weighted by atomic mass is 32.2. The van der Waals surface area contributed by atoms with Crippen molar-refractivity contribution in [2.45, 2.75) is 32.2 Å². The molecule has 1 N–H and O–H groups in total. The Kier molecular flexibility index (Phi) is 10.9. The first-order valence-corrected chi connectivity index (χ1v) is 14.6. The Morgan fingerprint density at radius 1 is 0.846 bits per heavy atom. The predicted molar refractivity (Wildman–Crippen MR) is 140 cm³/mol. The van der Waals surface area contributed by atoms with Gasteiger partial charge in [0.05, 0.1) is 6.26 Å². The fraction of sp³-hybridized carbons (Fsp3) is 0.308. The van der Waals surface area contributed by atoms with Gasteiger partial charge in [0.25, 0.3) is 10.1 Å². The first-order chi connectivity index (χ1) is 18.0. The maximum atomic E-state index is 12.7. The van der Waals surface area contributed by atoms with Crippen LogP contribution in [0.15, 0.2) is 60.7 Å². The van der Waals surface area contributed by atoms with Crippen LogP contribution < -0.4 is 8.92 Å². The lowest BCUT2D eigenvalue weighted by Gasteiger charge is -2.16. The van der Waals surface area contributed by atoms with Gasteiger partial charge in [0.1, 0.15) is 11.5 Å². The minimum atomic E-state index is -5.73. The summed E-state index contributed by atoms with van der Waals surface area (Å²) in [7, 11) is -7.85. The maximum absolute atomic E-state index is 12.7. The van der Waals surface area contributed by atoms with E-state index < -0.39 is 25.7 Å². The molecular weight excluding hydrogens is 561 g/mol. The Labute approximate surface area is 226 Å². The topological polar surface area (TPSA) is 116 Å². The second-order valence-electron chi connectivity index (χ2n) is 8.58. The van der Waals surface area contributed by atoms with E-state index in [4.69, 9.17) is 14.0 Å². The molecule has 0 aliphatic carbocycles. The Bertz CT molecular complexity index is 1440. The second-order valence-corrected chi connectivity index (χ2v) is 11.6. The summed E-state index contributed by atoms with van der Waals surface area (Å²) in [6.07, 6.45) is 1.86. The molecule has 0 aliphatic rings. The van der Waals surface area contributed by atoms with Crippen LogP contribution in [-0.4, -0.2) is 47.1 Å². The number of alkyl halides is 3. The molecule has 0 amide bonds. The number of ether oxygens (including phenoxy) is 2. The summed E-state index contributed by atoms with van der Waals surface area (Å²) < 4.78 is 102. The Morgan fingerprint density at radius 3 is 1.92 bits per heavy atom. The summed E-state index contributed by atoms with van der Waals surface area (Å²) in [6, 6.07) is 18.3. The molecule has 214 valence electrons. The molecule has 0 atom stereocenters. The fourth-order valence-corrected chi connectivity index (χ4v) is 4.06.